The van der Waals surface area contributed by atoms with Gasteiger partial charge in [0, 0.05) is 10.9 Å². The van der Waals surface area contributed by atoms with Gasteiger partial charge in [-0.2, -0.15) is 13.2 Å². The summed E-state index contributed by atoms with van der Waals surface area (Å²) in [5.41, 5.74) is -0.805. The zero-order chi connectivity index (χ0) is 18.7. The Morgan fingerprint density at radius 3 is 2.46 bits per heavy atom. The fraction of sp³-hybridized carbons (Fsp3) is 0.286. The molecule has 0 aliphatic heterocycles. The molecule has 5 heteroatoms. The molecule has 1 heterocycles. The Kier molecular flexibility index (Phi) is 5.16. The van der Waals surface area contributed by atoms with Crippen molar-refractivity contribution < 1.29 is 17.6 Å². The van der Waals surface area contributed by atoms with Gasteiger partial charge in [-0.25, -0.2) is 4.79 Å². The summed E-state index contributed by atoms with van der Waals surface area (Å²) in [5, 5.41) is 0.585. The zero-order valence-corrected chi connectivity index (χ0v) is 14.4. The van der Waals surface area contributed by atoms with E-state index in [0.29, 0.717) is 23.0 Å². The highest BCUT2D eigenvalue weighted by Crippen LogP contribution is 2.37. The van der Waals surface area contributed by atoms with Crippen LogP contribution in [-0.4, -0.2) is 0 Å². The number of hydrogen-bond donors (Lipinski definition) is 0. The lowest BCUT2D eigenvalue weighted by Gasteiger charge is -2.14. The van der Waals surface area contributed by atoms with E-state index in [9.17, 15) is 18.0 Å². The lowest BCUT2D eigenvalue weighted by Crippen LogP contribution is -2.12. The Bertz CT molecular complexity index is 971. The third-order valence-electron chi connectivity index (χ3n) is 4.39. The summed E-state index contributed by atoms with van der Waals surface area (Å²) in [6, 6.07) is 12.4. The maximum atomic E-state index is 13.6. The molecule has 0 radical (unpaired) electrons. The van der Waals surface area contributed by atoms with Gasteiger partial charge in [-0.05, 0) is 36.6 Å². The van der Waals surface area contributed by atoms with E-state index >= 15 is 0 Å². The molecule has 0 saturated heterocycles. The molecule has 0 aliphatic rings. The van der Waals surface area contributed by atoms with Crippen LogP contribution in [0.5, 0.6) is 0 Å². The number of aryl methyl sites for hydroxylation is 1. The van der Waals surface area contributed by atoms with Gasteiger partial charge >= 0.3 is 11.8 Å². The summed E-state index contributed by atoms with van der Waals surface area (Å²) < 4.78 is 46.0. The normalized spacial score (nSPS) is 11.8. The number of para-hydroxylation sites is 1. The van der Waals surface area contributed by atoms with Gasteiger partial charge in [0.15, 0.2) is 0 Å². The van der Waals surface area contributed by atoms with E-state index in [2.05, 4.69) is 0 Å². The SMILES string of the molecule is CCCCCc1ccc(-c2cc3ccccc3oc2=O)c(C(F)(F)F)c1. The molecule has 3 aromatic rings. The third-order valence-corrected chi connectivity index (χ3v) is 4.39. The minimum atomic E-state index is -4.55. The minimum Gasteiger partial charge on any atom is -0.422 e. The summed E-state index contributed by atoms with van der Waals surface area (Å²) >= 11 is 0. The minimum absolute atomic E-state index is 0.0730. The van der Waals surface area contributed by atoms with Crippen LogP contribution in [0.4, 0.5) is 13.2 Å². The largest absolute Gasteiger partial charge is 0.422 e. The van der Waals surface area contributed by atoms with Gasteiger partial charge in [-0.3, -0.25) is 0 Å². The molecule has 0 unspecified atom stereocenters. The molecule has 0 saturated carbocycles. The van der Waals surface area contributed by atoms with Crippen LogP contribution in [0, 0.1) is 0 Å². The number of fused-ring (bicyclic) bond motifs is 1. The van der Waals surface area contributed by atoms with Crippen molar-refractivity contribution in [2.24, 2.45) is 0 Å². The molecule has 0 N–H and O–H groups in total. The second-order valence-corrected chi connectivity index (χ2v) is 6.32. The Morgan fingerprint density at radius 2 is 1.73 bits per heavy atom. The van der Waals surface area contributed by atoms with Crippen LogP contribution >= 0.6 is 0 Å². The maximum Gasteiger partial charge on any atom is 0.417 e. The highest BCUT2D eigenvalue weighted by atomic mass is 19.4. The van der Waals surface area contributed by atoms with E-state index in [1.54, 1.807) is 30.3 Å². The van der Waals surface area contributed by atoms with Gasteiger partial charge in [0.2, 0.25) is 0 Å². The Morgan fingerprint density at radius 1 is 0.962 bits per heavy atom. The lowest BCUT2D eigenvalue weighted by atomic mass is 9.95. The standard InChI is InChI=1S/C21H19F3O2/c1-2-3-4-7-14-10-11-16(18(12-14)21(22,23)24)17-13-15-8-5-6-9-19(15)26-20(17)25/h5-6,8-13H,2-4,7H2,1H3. The van der Waals surface area contributed by atoms with E-state index in [4.69, 9.17) is 4.42 Å². The van der Waals surface area contributed by atoms with Gasteiger partial charge < -0.3 is 4.42 Å². The summed E-state index contributed by atoms with van der Waals surface area (Å²) in [6.07, 6.45) is -1.15. The van der Waals surface area contributed by atoms with Crippen molar-refractivity contribution in [3.63, 3.8) is 0 Å². The molecule has 0 aliphatic carbocycles. The Balaban J connectivity index is 2.12. The van der Waals surface area contributed by atoms with Crippen molar-refractivity contribution in [3.05, 3.63) is 70.1 Å². The molecule has 0 fully saturated rings. The fourth-order valence-electron chi connectivity index (χ4n) is 3.05. The van der Waals surface area contributed by atoms with E-state index in [-0.39, 0.29) is 11.1 Å². The number of unbranched alkanes of at least 4 members (excludes halogenated alkanes) is 2. The van der Waals surface area contributed by atoms with E-state index in [0.717, 1.165) is 25.3 Å². The molecule has 0 amide bonds. The molecule has 0 atom stereocenters. The quantitative estimate of drug-likeness (QED) is 0.400. The van der Waals surface area contributed by atoms with Crippen molar-refractivity contribution in [1.82, 2.24) is 0 Å². The highest BCUT2D eigenvalue weighted by Gasteiger charge is 2.34. The Labute approximate surface area is 149 Å². The van der Waals surface area contributed by atoms with E-state index < -0.39 is 17.4 Å². The highest BCUT2D eigenvalue weighted by molar-refractivity contribution is 5.82. The van der Waals surface area contributed by atoms with Crippen molar-refractivity contribution in [2.75, 3.05) is 0 Å². The lowest BCUT2D eigenvalue weighted by molar-refractivity contribution is -0.137. The zero-order valence-electron chi connectivity index (χ0n) is 14.4. The van der Waals surface area contributed by atoms with Crippen LogP contribution in [0.3, 0.4) is 0 Å². The number of benzene rings is 2. The smallest absolute Gasteiger partial charge is 0.417 e. The average Bonchev–Trinajstić information content (AvgIpc) is 2.61. The van der Waals surface area contributed by atoms with Crippen molar-refractivity contribution in [3.8, 4) is 11.1 Å². The third kappa shape index (κ3) is 3.82. The number of rotatable bonds is 5. The van der Waals surface area contributed by atoms with Crippen LogP contribution in [0.1, 0.15) is 37.3 Å². The van der Waals surface area contributed by atoms with Crippen LogP contribution in [0.15, 0.2) is 57.7 Å². The molecule has 136 valence electrons. The molecule has 1 aromatic heterocycles. The van der Waals surface area contributed by atoms with Crippen molar-refractivity contribution in [2.45, 2.75) is 38.8 Å². The molecular formula is C21H19F3O2. The van der Waals surface area contributed by atoms with Crippen LogP contribution < -0.4 is 5.63 Å². The topological polar surface area (TPSA) is 30.2 Å². The second kappa shape index (κ2) is 7.36. The molecule has 0 spiro atoms. The van der Waals surface area contributed by atoms with E-state index in [1.807, 2.05) is 6.92 Å². The van der Waals surface area contributed by atoms with Crippen molar-refractivity contribution in [1.29, 1.82) is 0 Å². The maximum absolute atomic E-state index is 13.6. The first-order valence-corrected chi connectivity index (χ1v) is 8.63. The van der Waals surface area contributed by atoms with Gasteiger partial charge in [-0.15, -0.1) is 0 Å². The fourth-order valence-corrected chi connectivity index (χ4v) is 3.05. The van der Waals surface area contributed by atoms with Crippen LogP contribution in [0.2, 0.25) is 0 Å². The van der Waals surface area contributed by atoms with Gasteiger partial charge in [0.05, 0.1) is 11.1 Å². The van der Waals surface area contributed by atoms with Gasteiger partial charge in [0.1, 0.15) is 5.58 Å². The monoisotopic (exact) mass is 360 g/mol. The summed E-state index contributed by atoms with van der Waals surface area (Å²) in [6.45, 7) is 2.04. The predicted molar refractivity (Wildman–Crippen MR) is 96.2 cm³/mol. The van der Waals surface area contributed by atoms with E-state index in [1.165, 1.54) is 12.1 Å². The molecule has 0 bridgehead atoms. The van der Waals surface area contributed by atoms with Crippen molar-refractivity contribution >= 4 is 11.0 Å². The van der Waals surface area contributed by atoms with Gasteiger partial charge in [-0.1, -0.05) is 50.1 Å². The Hall–Kier alpha value is -2.56. The number of halogens is 3. The van der Waals surface area contributed by atoms with Crippen LogP contribution in [-0.2, 0) is 12.6 Å². The predicted octanol–water partition coefficient (Wildman–Crippen LogP) is 6.21. The summed E-state index contributed by atoms with van der Waals surface area (Å²) in [7, 11) is 0. The first kappa shape index (κ1) is 18.2. The summed E-state index contributed by atoms with van der Waals surface area (Å²) in [4.78, 5) is 12.3. The molecule has 2 aromatic carbocycles. The van der Waals surface area contributed by atoms with Crippen LogP contribution in [0.25, 0.3) is 22.1 Å². The average molecular weight is 360 g/mol. The first-order chi connectivity index (χ1) is 12.4. The first-order valence-electron chi connectivity index (χ1n) is 8.63. The van der Waals surface area contributed by atoms with Gasteiger partial charge in [0.25, 0.3) is 0 Å². The molecular weight excluding hydrogens is 341 g/mol. The number of alkyl halides is 3. The molecule has 2 nitrogen and oxygen atoms in total. The molecule has 26 heavy (non-hydrogen) atoms. The number of hydrogen-bond acceptors (Lipinski definition) is 2. The summed E-state index contributed by atoms with van der Waals surface area (Å²) in [5.74, 6) is 0. The second-order valence-electron chi connectivity index (χ2n) is 6.32. The molecule has 3 rings (SSSR count).